The molecule has 1 fully saturated rings. The molecule has 1 aliphatic rings. The molecule has 0 atom stereocenters. The van der Waals surface area contributed by atoms with E-state index < -0.39 is 0 Å². The van der Waals surface area contributed by atoms with Gasteiger partial charge in [-0.25, -0.2) is 9.97 Å². The van der Waals surface area contributed by atoms with Gasteiger partial charge in [0.25, 0.3) is 0 Å². The lowest BCUT2D eigenvalue weighted by molar-refractivity contribution is 0.225. The van der Waals surface area contributed by atoms with Crippen LogP contribution in [0, 0.1) is 6.92 Å². The summed E-state index contributed by atoms with van der Waals surface area (Å²) in [6, 6.07) is 2.36. The number of aromatic nitrogens is 2. The van der Waals surface area contributed by atoms with Crippen LogP contribution in [0.5, 0.6) is 6.01 Å². The maximum Gasteiger partial charge on any atom is 0.316 e. The molecule has 4 nitrogen and oxygen atoms in total. The van der Waals surface area contributed by atoms with Crippen LogP contribution >= 0.6 is 0 Å². The first-order chi connectivity index (χ1) is 7.34. The van der Waals surface area contributed by atoms with Crippen LogP contribution in [0.15, 0.2) is 12.3 Å². The zero-order valence-corrected chi connectivity index (χ0v) is 9.15. The highest BCUT2D eigenvalue weighted by Gasteiger charge is 2.10. The molecule has 1 aromatic heterocycles. The average molecular weight is 207 g/mol. The van der Waals surface area contributed by atoms with Crippen molar-refractivity contribution in [2.75, 3.05) is 26.2 Å². The second-order valence-electron chi connectivity index (χ2n) is 3.88. The lowest BCUT2D eigenvalue weighted by Gasteiger charge is -2.13. The van der Waals surface area contributed by atoms with Crippen molar-refractivity contribution in [2.24, 2.45) is 0 Å². The Morgan fingerprint density at radius 1 is 1.40 bits per heavy atom. The maximum absolute atomic E-state index is 5.48. The van der Waals surface area contributed by atoms with E-state index in [2.05, 4.69) is 14.9 Å². The molecule has 2 rings (SSSR count). The molecule has 0 aliphatic carbocycles. The number of hydrogen-bond donors (Lipinski definition) is 0. The van der Waals surface area contributed by atoms with E-state index in [0.717, 1.165) is 12.2 Å². The minimum atomic E-state index is 0.495. The highest BCUT2D eigenvalue weighted by Crippen LogP contribution is 2.07. The Labute approximate surface area is 90.3 Å². The fraction of sp³-hybridized carbons (Fsp3) is 0.636. The van der Waals surface area contributed by atoms with Gasteiger partial charge in [0.2, 0.25) is 0 Å². The summed E-state index contributed by atoms with van der Waals surface area (Å²) >= 11 is 0. The molecular weight excluding hydrogens is 190 g/mol. The SMILES string of the molecule is Cc1ccnc(OCCN2CCCC2)n1. The summed E-state index contributed by atoms with van der Waals surface area (Å²) in [5.74, 6) is 0. The molecule has 0 amide bonds. The standard InChI is InChI=1S/C11H17N3O/c1-10-4-5-12-11(13-10)15-9-8-14-6-2-3-7-14/h4-5H,2-3,6-9H2,1H3. The quantitative estimate of drug-likeness (QED) is 0.745. The van der Waals surface area contributed by atoms with Crippen LogP contribution < -0.4 is 4.74 Å². The molecule has 0 bridgehead atoms. The van der Waals surface area contributed by atoms with E-state index in [4.69, 9.17) is 4.74 Å². The van der Waals surface area contributed by atoms with Gasteiger partial charge in [-0.05, 0) is 38.9 Å². The van der Waals surface area contributed by atoms with Crippen molar-refractivity contribution >= 4 is 0 Å². The number of aryl methyl sites for hydroxylation is 1. The molecule has 15 heavy (non-hydrogen) atoms. The summed E-state index contributed by atoms with van der Waals surface area (Å²) in [5.41, 5.74) is 0.946. The summed E-state index contributed by atoms with van der Waals surface area (Å²) in [6.07, 6.45) is 4.37. The van der Waals surface area contributed by atoms with Crippen LogP contribution in [-0.2, 0) is 0 Å². The van der Waals surface area contributed by atoms with Crippen molar-refractivity contribution in [2.45, 2.75) is 19.8 Å². The normalized spacial score (nSPS) is 16.9. The van der Waals surface area contributed by atoms with Gasteiger partial charge in [-0.3, -0.25) is 4.90 Å². The average Bonchev–Trinajstić information content (AvgIpc) is 2.71. The van der Waals surface area contributed by atoms with Gasteiger partial charge in [-0.15, -0.1) is 0 Å². The smallest absolute Gasteiger partial charge is 0.316 e. The monoisotopic (exact) mass is 207 g/mol. The molecule has 0 N–H and O–H groups in total. The van der Waals surface area contributed by atoms with Crippen LogP contribution in [-0.4, -0.2) is 41.1 Å². The molecule has 0 aromatic carbocycles. The van der Waals surface area contributed by atoms with Gasteiger partial charge in [0, 0.05) is 18.4 Å². The number of hydrogen-bond acceptors (Lipinski definition) is 4. The van der Waals surface area contributed by atoms with Crippen molar-refractivity contribution in [3.63, 3.8) is 0 Å². The maximum atomic E-state index is 5.48. The zero-order valence-electron chi connectivity index (χ0n) is 9.15. The minimum Gasteiger partial charge on any atom is -0.462 e. The van der Waals surface area contributed by atoms with Gasteiger partial charge < -0.3 is 4.74 Å². The van der Waals surface area contributed by atoms with Gasteiger partial charge in [-0.1, -0.05) is 0 Å². The Morgan fingerprint density at radius 3 is 2.93 bits per heavy atom. The molecule has 4 heteroatoms. The molecule has 0 saturated carbocycles. The Hall–Kier alpha value is -1.16. The van der Waals surface area contributed by atoms with Crippen molar-refractivity contribution in [1.29, 1.82) is 0 Å². The topological polar surface area (TPSA) is 38.2 Å². The molecule has 0 spiro atoms. The Morgan fingerprint density at radius 2 is 2.20 bits per heavy atom. The third-order valence-electron chi connectivity index (χ3n) is 2.61. The second kappa shape index (κ2) is 5.07. The molecule has 0 unspecified atom stereocenters. The van der Waals surface area contributed by atoms with Gasteiger partial charge in [-0.2, -0.15) is 0 Å². The third-order valence-corrected chi connectivity index (χ3v) is 2.61. The van der Waals surface area contributed by atoms with Crippen LogP contribution in [0.1, 0.15) is 18.5 Å². The Bertz CT molecular complexity index is 310. The molecular formula is C11H17N3O. The lowest BCUT2D eigenvalue weighted by Crippen LogP contribution is -2.25. The number of ether oxygens (including phenoxy) is 1. The lowest BCUT2D eigenvalue weighted by atomic mass is 10.4. The Balaban J connectivity index is 1.73. The summed E-state index contributed by atoms with van der Waals surface area (Å²) in [4.78, 5) is 10.6. The van der Waals surface area contributed by atoms with Crippen molar-refractivity contribution in [1.82, 2.24) is 14.9 Å². The van der Waals surface area contributed by atoms with Crippen LogP contribution in [0.25, 0.3) is 0 Å². The molecule has 1 aliphatic heterocycles. The number of likely N-dealkylation sites (tertiary alicyclic amines) is 1. The molecule has 1 aromatic rings. The van der Waals surface area contributed by atoms with Crippen LogP contribution in [0.4, 0.5) is 0 Å². The second-order valence-corrected chi connectivity index (χ2v) is 3.88. The van der Waals surface area contributed by atoms with Gasteiger partial charge in [0.05, 0.1) is 0 Å². The van der Waals surface area contributed by atoms with Gasteiger partial charge in [0.1, 0.15) is 6.61 Å². The van der Waals surface area contributed by atoms with Crippen molar-refractivity contribution in [3.05, 3.63) is 18.0 Å². The Kier molecular flexibility index (Phi) is 3.50. The first kappa shape index (κ1) is 10.4. The zero-order chi connectivity index (χ0) is 10.5. The van der Waals surface area contributed by atoms with Crippen molar-refractivity contribution in [3.8, 4) is 6.01 Å². The highest BCUT2D eigenvalue weighted by atomic mass is 16.5. The predicted octanol–water partition coefficient (Wildman–Crippen LogP) is 1.26. The predicted molar refractivity (Wildman–Crippen MR) is 57.9 cm³/mol. The summed E-state index contributed by atoms with van der Waals surface area (Å²) in [5, 5.41) is 0. The van der Waals surface area contributed by atoms with Gasteiger partial charge >= 0.3 is 6.01 Å². The van der Waals surface area contributed by atoms with Crippen LogP contribution in [0.2, 0.25) is 0 Å². The molecule has 82 valence electrons. The van der Waals surface area contributed by atoms with E-state index in [0.29, 0.717) is 12.6 Å². The summed E-state index contributed by atoms with van der Waals surface area (Å²) in [7, 11) is 0. The van der Waals surface area contributed by atoms with Crippen LogP contribution in [0.3, 0.4) is 0 Å². The van der Waals surface area contributed by atoms with E-state index in [1.54, 1.807) is 6.20 Å². The summed E-state index contributed by atoms with van der Waals surface area (Å²) in [6.45, 7) is 6.02. The first-order valence-electron chi connectivity index (χ1n) is 5.49. The van der Waals surface area contributed by atoms with E-state index in [9.17, 15) is 0 Å². The highest BCUT2D eigenvalue weighted by molar-refractivity contribution is 5.02. The number of nitrogens with zero attached hydrogens (tertiary/aromatic N) is 3. The van der Waals surface area contributed by atoms with E-state index in [1.807, 2.05) is 13.0 Å². The third kappa shape index (κ3) is 3.16. The van der Waals surface area contributed by atoms with Gasteiger partial charge in [0.15, 0.2) is 0 Å². The molecule has 0 radical (unpaired) electrons. The molecule has 2 heterocycles. The fourth-order valence-corrected chi connectivity index (χ4v) is 1.77. The summed E-state index contributed by atoms with van der Waals surface area (Å²) < 4.78 is 5.48. The van der Waals surface area contributed by atoms with E-state index in [1.165, 1.54) is 25.9 Å². The molecule has 1 saturated heterocycles. The van der Waals surface area contributed by atoms with Crippen molar-refractivity contribution < 1.29 is 4.74 Å². The van der Waals surface area contributed by atoms with E-state index in [-0.39, 0.29) is 0 Å². The largest absolute Gasteiger partial charge is 0.462 e. The first-order valence-corrected chi connectivity index (χ1v) is 5.49. The fourth-order valence-electron chi connectivity index (χ4n) is 1.77. The minimum absolute atomic E-state index is 0.495. The number of rotatable bonds is 4. The van der Waals surface area contributed by atoms with E-state index >= 15 is 0 Å².